The molecule has 5 heteroatoms. The third kappa shape index (κ3) is 2.99. The number of phenolic OH excluding ortho intramolecular Hbond substituents is 1. The van der Waals surface area contributed by atoms with E-state index in [4.69, 9.17) is 9.84 Å². The molecule has 20 heavy (non-hydrogen) atoms. The van der Waals surface area contributed by atoms with Gasteiger partial charge in [0.05, 0.1) is 7.11 Å². The number of methoxy groups -OCH3 is 1. The van der Waals surface area contributed by atoms with Crippen LogP contribution in [0.3, 0.4) is 0 Å². The maximum absolute atomic E-state index is 13.3. The van der Waals surface area contributed by atoms with Gasteiger partial charge in [-0.1, -0.05) is 6.07 Å². The summed E-state index contributed by atoms with van der Waals surface area (Å²) in [6, 6.07) is 9.59. The molecular formula is C15H15F2NO2. The van der Waals surface area contributed by atoms with Crippen LogP contribution in [0.1, 0.15) is 5.56 Å². The van der Waals surface area contributed by atoms with Crippen molar-refractivity contribution in [3.05, 3.63) is 53.6 Å². The molecule has 0 saturated heterocycles. The van der Waals surface area contributed by atoms with Gasteiger partial charge < -0.3 is 14.7 Å². The molecule has 106 valence electrons. The van der Waals surface area contributed by atoms with Gasteiger partial charge in [-0.3, -0.25) is 0 Å². The lowest BCUT2D eigenvalue weighted by atomic mass is 10.1. The second kappa shape index (κ2) is 5.77. The molecule has 0 heterocycles. The normalized spacial score (nSPS) is 10.4. The van der Waals surface area contributed by atoms with Crippen molar-refractivity contribution < 1.29 is 18.6 Å². The number of halogens is 2. The standard InChI is InChI=1S/C15H15F2NO2/c1-18(11-4-3-5-12(8-11)20-2)9-10-6-13(16)15(19)14(17)7-10/h3-8,19H,9H2,1-2H3. The Labute approximate surface area is 116 Å². The third-order valence-corrected chi connectivity index (χ3v) is 2.99. The summed E-state index contributed by atoms with van der Waals surface area (Å²) in [7, 11) is 3.38. The zero-order chi connectivity index (χ0) is 14.7. The molecule has 2 aromatic carbocycles. The summed E-state index contributed by atoms with van der Waals surface area (Å²) < 4.78 is 31.7. The highest BCUT2D eigenvalue weighted by Crippen LogP contribution is 2.25. The Morgan fingerprint density at radius 2 is 1.80 bits per heavy atom. The number of hydrogen-bond donors (Lipinski definition) is 1. The van der Waals surface area contributed by atoms with Crippen LogP contribution in [0.25, 0.3) is 0 Å². The van der Waals surface area contributed by atoms with E-state index in [9.17, 15) is 8.78 Å². The average Bonchev–Trinajstić information content (AvgIpc) is 2.44. The topological polar surface area (TPSA) is 32.7 Å². The zero-order valence-corrected chi connectivity index (χ0v) is 11.2. The number of ether oxygens (including phenoxy) is 1. The van der Waals surface area contributed by atoms with Crippen molar-refractivity contribution in [3.63, 3.8) is 0 Å². The Kier molecular flexibility index (Phi) is 4.08. The van der Waals surface area contributed by atoms with Crippen molar-refractivity contribution in [1.82, 2.24) is 0 Å². The summed E-state index contributed by atoms with van der Waals surface area (Å²) in [5.41, 5.74) is 1.29. The predicted octanol–water partition coefficient (Wildman–Crippen LogP) is 3.32. The Balaban J connectivity index is 2.20. The lowest BCUT2D eigenvalue weighted by Gasteiger charge is -2.20. The summed E-state index contributed by atoms with van der Waals surface area (Å²) in [4.78, 5) is 1.83. The number of aromatic hydroxyl groups is 1. The van der Waals surface area contributed by atoms with Gasteiger partial charge in [-0.15, -0.1) is 0 Å². The third-order valence-electron chi connectivity index (χ3n) is 2.99. The van der Waals surface area contributed by atoms with Crippen LogP contribution in [0.2, 0.25) is 0 Å². The number of anilines is 1. The molecule has 2 aromatic rings. The van der Waals surface area contributed by atoms with E-state index in [0.717, 1.165) is 17.8 Å². The Hall–Kier alpha value is -2.30. The van der Waals surface area contributed by atoms with Crippen LogP contribution in [0, 0.1) is 11.6 Å². The molecule has 0 bridgehead atoms. The van der Waals surface area contributed by atoms with Gasteiger partial charge in [0, 0.05) is 25.3 Å². The Morgan fingerprint density at radius 1 is 1.15 bits per heavy atom. The molecule has 0 spiro atoms. The molecule has 2 rings (SSSR count). The summed E-state index contributed by atoms with van der Waals surface area (Å²) in [5, 5.41) is 9.07. The average molecular weight is 279 g/mol. The van der Waals surface area contributed by atoms with Crippen molar-refractivity contribution in [3.8, 4) is 11.5 Å². The zero-order valence-electron chi connectivity index (χ0n) is 11.2. The number of benzene rings is 2. The van der Waals surface area contributed by atoms with Crippen molar-refractivity contribution in [2.75, 3.05) is 19.1 Å². The molecule has 0 fully saturated rings. The molecule has 1 N–H and O–H groups in total. The quantitative estimate of drug-likeness (QED) is 0.932. The van der Waals surface area contributed by atoms with Crippen LogP contribution in [-0.2, 0) is 6.54 Å². The smallest absolute Gasteiger partial charge is 0.187 e. The van der Waals surface area contributed by atoms with Crippen molar-refractivity contribution in [2.24, 2.45) is 0 Å². The minimum absolute atomic E-state index is 0.307. The SMILES string of the molecule is COc1cccc(N(C)Cc2cc(F)c(O)c(F)c2)c1. The first kappa shape index (κ1) is 14.1. The summed E-state index contributed by atoms with van der Waals surface area (Å²) in [6.45, 7) is 0.307. The number of rotatable bonds is 4. The largest absolute Gasteiger partial charge is 0.503 e. The number of nitrogens with zero attached hydrogens (tertiary/aromatic N) is 1. The maximum atomic E-state index is 13.3. The fourth-order valence-corrected chi connectivity index (χ4v) is 1.92. The summed E-state index contributed by atoms with van der Waals surface area (Å²) in [5.74, 6) is -2.16. The molecule has 0 atom stereocenters. The van der Waals surface area contributed by atoms with Gasteiger partial charge in [0.15, 0.2) is 17.4 Å². The predicted molar refractivity (Wildman–Crippen MR) is 73.1 cm³/mol. The van der Waals surface area contributed by atoms with Crippen LogP contribution in [0.15, 0.2) is 36.4 Å². The molecular weight excluding hydrogens is 264 g/mol. The second-order valence-electron chi connectivity index (χ2n) is 4.47. The van der Waals surface area contributed by atoms with Gasteiger partial charge in [-0.25, -0.2) is 8.78 Å². The van der Waals surface area contributed by atoms with Gasteiger partial charge in [-0.2, -0.15) is 0 Å². The molecule has 0 aliphatic carbocycles. The first-order chi connectivity index (χ1) is 9.51. The van der Waals surface area contributed by atoms with E-state index in [1.165, 1.54) is 0 Å². The highest BCUT2D eigenvalue weighted by molar-refractivity contribution is 5.50. The van der Waals surface area contributed by atoms with Gasteiger partial charge >= 0.3 is 0 Å². The minimum Gasteiger partial charge on any atom is -0.503 e. The minimum atomic E-state index is -0.959. The van der Waals surface area contributed by atoms with Crippen LogP contribution < -0.4 is 9.64 Å². The van der Waals surface area contributed by atoms with Crippen LogP contribution in [0.4, 0.5) is 14.5 Å². The van der Waals surface area contributed by atoms with Gasteiger partial charge in [0.1, 0.15) is 5.75 Å². The van der Waals surface area contributed by atoms with Gasteiger partial charge in [-0.05, 0) is 29.8 Å². The van der Waals surface area contributed by atoms with E-state index in [-0.39, 0.29) is 0 Å². The Morgan fingerprint density at radius 3 is 2.40 bits per heavy atom. The van der Waals surface area contributed by atoms with Gasteiger partial charge in [0.2, 0.25) is 0 Å². The lowest BCUT2D eigenvalue weighted by molar-refractivity contribution is 0.395. The van der Waals surface area contributed by atoms with Crippen LogP contribution >= 0.6 is 0 Å². The van der Waals surface area contributed by atoms with Crippen molar-refractivity contribution in [1.29, 1.82) is 0 Å². The first-order valence-electron chi connectivity index (χ1n) is 6.03. The molecule has 0 amide bonds. The van der Waals surface area contributed by atoms with Crippen LogP contribution in [-0.4, -0.2) is 19.3 Å². The highest BCUT2D eigenvalue weighted by atomic mass is 19.1. The molecule has 0 aliphatic heterocycles. The number of phenols is 1. The fraction of sp³-hybridized carbons (Fsp3) is 0.200. The maximum Gasteiger partial charge on any atom is 0.187 e. The van der Waals surface area contributed by atoms with E-state index in [1.807, 2.05) is 29.2 Å². The molecule has 0 aliphatic rings. The first-order valence-corrected chi connectivity index (χ1v) is 6.03. The molecule has 0 saturated carbocycles. The molecule has 0 aromatic heterocycles. The monoisotopic (exact) mass is 279 g/mol. The molecule has 0 radical (unpaired) electrons. The van der Waals surface area contributed by atoms with E-state index in [2.05, 4.69) is 0 Å². The Bertz CT molecular complexity index is 594. The van der Waals surface area contributed by atoms with Crippen molar-refractivity contribution >= 4 is 5.69 Å². The summed E-state index contributed by atoms with van der Waals surface area (Å²) in [6.07, 6.45) is 0. The van der Waals surface area contributed by atoms with E-state index in [1.54, 1.807) is 14.2 Å². The summed E-state index contributed by atoms with van der Waals surface area (Å²) >= 11 is 0. The van der Waals surface area contributed by atoms with Gasteiger partial charge in [0.25, 0.3) is 0 Å². The molecule has 0 unspecified atom stereocenters. The fourth-order valence-electron chi connectivity index (χ4n) is 1.92. The lowest BCUT2D eigenvalue weighted by Crippen LogP contribution is -2.16. The number of hydrogen-bond acceptors (Lipinski definition) is 3. The van der Waals surface area contributed by atoms with Crippen molar-refractivity contribution in [2.45, 2.75) is 6.54 Å². The van der Waals surface area contributed by atoms with E-state index < -0.39 is 17.4 Å². The van der Waals surface area contributed by atoms with Crippen LogP contribution in [0.5, 0.6) is 11.5 Å². The second-order valence-corrected chi connectivity index (χ2v) is 4.47. The van der Waals surface area contributed by atoms with E-state index >= 15 is 0 Å². The highest BCUT2D eigenvalue weighted by Gasteiger charge is 2.11. The molecule has 3 nitrogen and oxygen atoms in total. The van der Waals surface area contributed by atoms with E-state index in [0.29, 0.717) is 17.9 Å².